The molecular formula is C64H127N3O3. The minimum absolute atomic E-state index is 0.103. The van der Waals surface area contributed by atoms with Gasteiger partial charge in [-0.25, -0.2) is 0 Å². The molecule has 2 atom stereocenters. The van der Waals surface area contributed by atoms with Crippen LogP contribution in [0.2, 0.25) is 0 Å². The summed E-state index contributed by atoms with van der Waals surface area (Å²) in [6.45, 7) is 16.5. The lowest BCUT2D eigenvalue weighted by Gasteiger charge is -2.30. The third-order valence-electron chi connectivity index (χ3n) is 16.2. The van der Waals surface area contributed by atoms with Gasteiger partial charge in [0.25, 0.3) is 0 Å². The highest BCUT2D eigenvalue weighted by molar-refractivity contribution is 5.76. The molecule has 0 aliphatic heterocycles. The molecule has 6 nitrogen and oxygen atoms in total. The summed E-state index contributed by atoms with van der Waals surface area (Å²) in [7, 11) is 0. The van der Waals surface area contributed by atoms with Crippen LogP contribution in [0.4, 0.5) is 0 Å². The number of carbonyl (C=O) groups is 2. The van der Waals surface area contributed by atoms with Crippen molar-refractivity contribution in [3.63, 3.8) is 0 Å². The Kier molecular flexibility index (Phi) is 50.4. The summed E-state index contributed by atoms with van der Waals surface area (Å²) in [5, 5.41) is 10.7. The Morgan fingerprint density at radius 1 is 0.329 bits per heavy atom. The number of nitrogens with zero attached hydrogens (tertiary/aromatic N) is 3. The summed E-state index contributed by atoms with van der Waals surface area (Å²) < 4.78 is 0. The molecule has 0 spiro atoms. The highest BCUT2D eigenvalue weighted by Gasteiger charge is 2.23. The van der Waals surface area contributed by atoms with Gasteiger partial charge in [-0.3, -0.25) is 9.59 Å². The van der Waals surface area contributed by atoms with E-state index < -0.39 is 0 Å². The van der Waals surface area contributed by atoms with Crippen LogP contribution in [0.15, 0.2) is 0 Å². The maximum absolute atomic E-state index is 13.5. The Morgan fingerprint density at radius 2 is 0.586 bits per heavy atom. The second kappa shape index (κ2) is 52.7. The molecule has 1 rings (SSSR count). The molecule has 6 heteroatoms. The van der Waals surface area contributed by atoms with Crippen LogP contribution < -0.4 is 0 Å². The largest absolute Gasteiger partial charge is 0.393 e. The normalized spacial score (nSPS) is 15.1. The van der Waals surface area contributed by atoms with Crippen LogP contribution in [-0.2, 0) is 9.59 Å². The standard InChI is InChI=1S/C64H127N3O3/c1-5-9-13-17-21-25-35-45-56-66(57-46-36-26-22-18-14-10-6-2)63(69)51-39-31-29-33-43-54-65(60-53-61-49-41-42-50-62(61)68)55-44-34-30-32-40-52-64(70)67(58-47-37-27-23-19-15-11-7-3)59-48-38-28-24-20-16-12-8-4/h61-62,68H,5-60H2,1-4H3/t61-,62-/m0/s1. The average Bonchev–Trinajstić information content (AvgIpc) is 3.36. The van der Waals surface area contributed by atoms with Crippen molar-refractivity contribution in [2.75, 3.05) is 45.8 Å². The van der Waals surface area contributed by atoms with Crippen LogP contribution in [0, 0.1) is 5.92 Å². The summed E-state index contributed by atoms with van der Waals surface area (Å²) >= 11 is 0. The van der Waals surface area contributed by atoms with E-state index in [0.29, 0.717) is 17.7 Å². The quantitative estimate of drug-likeness (QED) is 0.0617. The van der Waals surface area contributed by atoms with E-state index in [1.165, 1.54) is 276 Å². The SMILES string of the molecule is CCCCCCCCCCN(CCCCCCCCCC)C(=O)CCCCCCCN(CCCCCCCC(=O)N(CCCCCCCCCC)CCCCCCCCCC)CC[C@@H]1CCCC[C@@H]1O. The maximum atomic E-state index is 13.5. The van der Waals surface area contributed by atoms with E-state index in [1.54, 1.807) is 0 Å². The summed E-state index contributed by atoms with van der Waals surface area (Å²) in [5.74, 6) is 1.31. The number of aliphatic hydroxyl groups excluding tert-OH is 1. The molecule has 1 N–H and O–H groups in total. The van der Waals surface area contributed by atoms with Crippen LogP contribution in [0.5, 0.6) is 0 Å². The number of hydrogen-bond acceptors (Lipinski definition) is 4. The third-order valence-corrected chi connectivity index (χ3v) is 16.2. The molecular weight excluding hydrogens is 859 g/mol. The Labute approximate surface area is 439 Å². The predicted octanol–water partition coefficient (Wildman–Crippen LogP) is 19.1. The van der Waals surface area contributed by atoms with E-state index >= 15 is 0 Å². The van der Waals surface area contributed by atoms with Crippen LogP contribution in [0.1, 0.15) is 342 Å². The summed E-state index contributed by atoms with van der Waals surface area (Å²) in [6.07, 6.45) is 61.2. The van der Waals surface area contributed by atoms with Crippen molar-refractivity contribution in [3.05, 3.63) is 0 Å². The fourth-order valence-corrected chi connectivity index (χ4v) is 11.3. The molecule has 0 aromatic carbocycles. The van der Waals surface area contributed by atoms with Gasteiger partial charge in [0, 0.05) is 39.0 Å². The number of aliphatic hydroxyl groups is 1. The molecule has 0 heterocycles. The zero-order valence-electron chi connectivity index (χ0n) is 48.4. The van der Waals surface area contributed by atoms with Crippen molar-refractivity contribution in [3.8, 4) is 0 Å². The van der Waals surface area contributed by atoms with Gasteiger partial charge in [0.2, 0.25) is 11.8 Å². The van der Waals surface area contributed by atoms with Crippen LogP contribution in [0.3, 0.4) is 0 Å². The molecule has 0 radical (unpaired) electrons. The second-order valence-electron chi connectivity index (χ2n) is 22.9. The van der Waals surface area contributed by atoms with Crippen molar-refractivity contribution < 1.29 is 14.7 Å². The van der Waals surface area contributed by atoms with Crippen LogP contribution in [-0.4, -0.2) is 83.5 Å². The monoisotopic (exact) mass is 986 g/mol. The minimum Gasteiger partial charge on any atom is -0.393 e. The van der Waals surface area contributed by atoms with E-state index in [9.17, 15) is 14.7 Å². The van der Waals surface area contributed by atoms with Crippen molar-refractivity contribution in [2.24, 2.45) is 5.92 Å². The molecule has 0 aromatic rings. The molecule has 1 aliphatic carbocycles. The molecule has 1 saturated carbocycles. The van der Waals surface area contributed by atoms with Gasteiger partial charge in [-0.15, -0.1) is 0 Å². The van der Waals surface area contributed by atoms with Gasteiger partial charge in [0.1, 0.15) is 0 Å². The molecule has 0 bridgehead atoms. The van der Waals surface area contributed by atoms with E-state index in [1.807, 2.05) is 0 Å². The van der Waals surface area contributed by atoms with E-state index in [2.05, 4.69) is 42.4 Å². The Bertz CT molecular complexity index is 976. The molecule has 0 aromatic heterocycles. The topological polar surface area (TPSA) is 64.1 Å². The van der Waals surface area contributed by atoms with Gasteiger partial charge in [0.05, 0.1) is 6.10 Å². The first kappa shape index (κ1) is 66.9. The molecule has 2 amide bonds. The number of hydrogen-bond donors (Lipinski definition) is 1. The Balaban J connectivity index is 2.49. The lowest BCUT2D eigenvalue weighted by molar-refractivity contribution is -0.132. The Hall–Kier alpha value is -1.14. The van der Waals surface area contributed by atoms with E-state index in [0.717, 1.165) is 84.3 Å². The van der Waals surface area contributed by atoms with E-state index in [4.69, 9.17) is 0 Å². The first-order valence-corrected chi connectivity index (χ1v) is 32.4. The van der Waals surface area contributed by atoms with Crippen molar-refractivity contribution >= 4 is 11.8 Å². The highest BCUT2D eigenvalue weighted by atomic mass is 16.3. The number of amides is 2. The van der Waals surface area contributed by atoms with Gasteiger partial charge in [-0.2, -0.15) is 0 Å². The third kappa shape index (κ3) is 42.2. The summed E-state index contributed by atoms with van der Waals surface area (Å²) in [4.78, 5) is 34.2. The van der Waals surface area contributed by atoms with Crippen LogP contribution >= 0.6 is 0 Å². The van der Waals surface area contributed by atoms with Gasteiger partial charge < -0.3 is 19.8 Å². The van der Waals surface area contributed by atoms with Crippen molar-refractivity contribution in [2.45, 2.75) is 348 Å². The molecule has 0 unspecified atom stereocenters. The zero-order valence-corrected chi connectivity index (χ0v) is 48.4. The van der Waals surface area contributed by atoms with Gasteiger partial charge in [-0.1, -0.05) is 259 Å². The van der Waals surface area contributed by atoms with Gasteiger partial charge in [-0.05, 0) is 96.2 Å². The molecule has 70 heavy (non-hydrogen) atoms. The molecule has 1 aliphatic rings. The Morgan fingerprint density at radius 3 is 0.886 bits per heavy atom. The fourth-order valence-electron chi connectivity index (χ4n) is 11.3. The smallest absolute Gasteiger partial charge is 0.222 e. The molecule has 416 valence electrons. The first-order chi connectivity index (χ1) is 34.5. The molecule has 0 saturated heterocycles. The van der Waals surface area contributed by atoms with Gasteiger partial charge >= 0.3 is 0 Å². The van der Waals surface area contributed by atoms with Crippen LogP contribution in [0.25, 0.3) is 0 Å². The number of carbonyl (C=O) groups excluding carboxylic acids is 2. The molecule has 1 fully saturated rings. The van der Waals surface area contributed by atoms with Gasteiger partial charge in [0.15, 0.2) is 0 Å². The summed E-state index contributed by atoms with van der Waals surface area (Å²) in [5.41, 5.74) is 0. The lowest BCUT2D eigenvalue weighted by Crippen LogP contribution is -2.33. The minimum atomic E-state index is -0.103. The predicted molar refractivity (Wildman–Crippen MR) is 308 cm³/mol. The summed E-state index contributed by atoms with van der Waals surface area (Å²) in [6, 6.07) is 0. The van der Waals surface area contributed by atoms with E-state index in [-0.39, 0.29) is 6.10 Å². The number of rotatable bonds is 55. The van der Waals surface area contributed by atoms with Crippen molar-refractivity contribution in [1.82, 2.24) is 14.7 Å². The first-order valence-electron chi connectivity index (χ1n) is 32.4. The average molecular weight is 987 g/mol. The highest BCUT2D eigenvalue weighted by Crippen LogP contribution is 2.27. The maximum Gasteiger partial charge on any atom is 0.222 e. The second-order valence-corrected chi connectivity index (χ2v) is 22.9. The fraction of sp³-hybridized carbons (Fsp3) is 0.969. The lowest BCUT2D eigenvalue weighted by atomic mass is 9.84. The zero-order chi connectivity index (χ0) is 50.6. The number of unbranched alkanes of at least 4 members (excludes halogenated alkanes) is 36. The van der Waals surface area contributed by atoms with Crippen molar-refractivity contribution in [1.29, 1.82) is 0 Å².